The fraction of sp³-hybridized carbons (Fsp3) is 0.833. The van der Waals surface area contributed by atoms with Crippen molar-refractivity contribution < 1.29 is 18.3 Å². The van der Waals surface area contributed by atoms with E-state index >= 15 is 0 Å². The van der Waals surface area contributed by atoms with Gasteiger partial charge in [0, 0.05) is 5.54 Å². The lowest BCUT2D eigenvalue weighted by Gasteiger charge is -2.37. The molecule has 0 bridgehead atoms. The zero-order valence-corrected chi connectivity index (χ0v) is 11.9. The second kappa shape index (κ2) is 6.35. The molecule has 6 nitrogen and oxygen atoms in total. The van der Waals surface area contributed by atoms with Crippen molar-refractivity contribution in [2.24, 2.45) is 0 Å². The molecule has 0 aliphatic heterocycles. The van der Waals surface area contributed by atoms with E-state index in [0.717, 1.165) is 19.3 Å². The Labute approximate surface area is 113 Å². The molecular weight excluding hydrogens is 268 g/mol. The lowest BCUT2D eigenvalue weighted by molar-refractivity contribution is -0.138. The maximum Gasteiger partial charge on any atom is 0.305 e. The zero-order chi connectivity index (χ0) is 14.5. The number of carboxylic acids is 1. The highest BCUT2D eigenvalue weighted by atomic mass is 32.2. The van der Waals surface area contributed by atoms with Crippen LogP contribution in [0.3, 0.4) is 0 Å². The van der Waals surface area contributed by atoms with Crippen LogP contribution in [-0.2, 0) is 14.8 Å². The van der Waals surface area contributed by atoms with E-state index in [1.54, 1.807) is 13.0 Å². The number of nitrogens with zero attached hydrogens (tertiary/aromatic N) is 1. The van der Waals surface area contributed by atoms with Gasteiger partial charge in [-0.1, -0.05) is 26.2 Å². The number of sulfonamides is 1. The topological polar surface area (TPSA) is 107 Å². The van der Waals surface area contributed by atoms with E-state index in [2.05, 4.69) is 4.72 Å². The number of aliphatic carboxylic acids is 1. The number of hydrogen-bond acceptors (Lipinski definition) is 4. The summed E-state index contributed by atoms with van der Waals surface area (Å²) in [6, 6.07) is 1.75. The third-order valence-corrected chi connectivity index (χ3v) is 5.45. The summed E-state index contributed by atoms with van der Waals surface area (Å²) in [5, 5.41) is 16.7. The van der Waals surface area contributed by atoms with E-state index in [0.29, 0.717) is 12.8 Å². The van der Waals surface area contributed by atoms with Gasteiger partial charge in [0.05, 0.1) is 12.5 Å². The molecular formula is C12H20N2O4S. The number of rotatable bonds is 6. The molecule has 1 aliphatic rings. The van der Waals surface area contributed by atoms with E-state index in [-0.39, 0.29) is 12.8 Å². The molecule has 7 heteroatoms. The van der Waals surface area contributed by atoms with Gasteiger partial charge in [0.2, 0.25) is 10.0 Å². The van der Waals surface area contributed by atoms with Gasteiger partial charge in [-0.15, -0.1) is 0 Å². The Morgan fingerprint density at radius 1 is 1.42 bits per heavy atom. The summed E-state index contributed by atoms with van der Waals surface area (Å²) in [5.74, 6) is -1.02. The van der Waals surface area contributed by atoms with Crippen molar-refractivity contribution in [2.75, 3.05) is 0 Å². The molecule has 0 radical (unpaired) electrons. The van der Waals surface area contributed by atoms with Crippen molar-refractivity contribution >= 4 is 16.0 Å². The van der Waals surface area contributed by atoms with Gasteiger partial charge in [-0.3, -0.25) is 4.79 Å². The minimum absolute atomic E-state index is 0.189. The Balaban J connectivity index is 2.95. The summed E-state index contributed by atoms with van der Waals surface area (Å²) < 4.78 is 26.8. The SMILES string of the molecule is CCC(C#N)S(=O)(=O)NC1(CC(=O)O)CCCCC1. The number of carbonyl (C=O) groups is 1. The van der Waals surface area contributed by atoms with Crippen LogP contribution in [0.2, 0.25) is 0 Å². The second-order valence-corrected chi connectivity index (χ2v) is 6.95. The molecule has 1 atom stereocenters. The van der Waals surface area contributed by atoms with Gasteiger partial charge >= 0.3 is 5.97 Å². The highest BCUT2D eigenvalue weighted by molar-refractivity contribution is 7.90. The largest absolute Gasteiger partial charge is 0.481 e. The number of hydrogen-bond donors (Lipinski definition) is 2. The van der Waals surface area contributed by atoms with E-state index in [4.69, 9.17) is 10.4 Å². The molecule has 0 aromatic carbocycles. The molecule has 1 rings (SSSR count). The lowest BCUT2D eigenvalue weighted by Crippen LogP contribution is -2.53. The summed E-state index contributed by atoms with van der Waals surface area (Å²) in [7, 11) is -3.80. The second-order valence-electron chi connectivity index (χ2n) is 5.08. The predicted octanol–water partition coefficient (Wildman–Crippen LogP) is 1.39. The smallest absolute Gasteiger partial charge is 0.305 e. The van der Waals surface area contributed by atoms with Crippen molar-refractivity contribution in [1.29, 1.82) is 5.26 Å². The summed E-state index contributed by atoms with van der Waals surface area (Å²) in [5.41, 5.74) is -0.923. The Kier molecular flexibility index (Phi) is 5.32. The molecule has 1 unspecified atom stereocenters. The van der Waals surface area contributed by atoms with Crippen LogP contribution < -0.4 is 4.72 Å². The highest BCUT2D eigenvalue weighted by Crippen LogP contribution is 2.32. The third-order valence-electron chi connectivity index (χ3n) is 3.55. The Morgan fingerprint density at radius 3 is 2.42 bits per heavy atom. The molecule has 0 aromatic rings. The Bertz CT molecular complexity index is 461. The zero-order valence-electron chi connectivity index (χ0n) is 11.1. The molecule has 0 saturated heterocycles. The maximum atomic E-state index is 12.1. The van der Waals surface area contributed by atoms with Crippen LogP contribution in [0.4, 0.5) is 0 Å². The minimum atomic E-state index is -3.80. The van der Waals surface area contributed by atoms with Crippen LogP contribution in [0.25, 0.3) is 0 Å². The van der Waals surface area contributed by atoms with Crippen LogP contribution in [0.1, 0.15) is 51.9 Å². The molecule has 0 heterocycles. The number of carboxylic acid groups (broad SMARTS) is 1. The molecule has 1 fully saturated rings. The standard InChI is InChI=1S/C12H20N2O4S/c1-2-10(9-13)19(17,18)14-12(8-11(15)16)6-4-3-5-7-12/h10,14H,2-8H2,1H3,(H,15,16). The molecule has 0 amide bonds. The first-order valence-electron chi connectivity index (χ1n) is 6.49. The highest BCUT2D eigenvalue weighted by Gasteiger charge is 2.40. The quantitative estimate of drug-likeness (QED) is 0.768. The molecule has 19 heavy (non-hydrogen) atoms. The lowest BCUT2D eigenvalue weighted by atomic mass is 9.80. The average molecular weight is 288 g/mol. The van der Waals surface area contributed by atoms with Gasteiger partial charge in [-0.2, -0.15) is 5.26 Å². The Hall–Kier alpha value is -1.13. The molecule has 1 aliphatic carbocycles. The number of nitriles is 1. The first kappa shape index (κ1) is 15.9. The molecule has 2 N–H and O–H groups in total. The van der Waals surface area contributed by atoms with Gasteiger partial charge in [0.15, 0.2) is 5.25 Å². The minimum Gasteiger partial charge on any atom is -0.481 e. The maximum absolute atomic E-state index is 12.1. The molecule has 0 spiro atoms. The van der Waals surface area contributed by atoms with E-state index in [1.165, 1.54) is 0 Å². The van der Waals surface area contributed by atoms with Crippen molar-refractivity contribution in [3.63, 3.8) is 0 Å². The van der Waals surface area contributed by atoms with Crippen molar-refractivity contribution in [3.05, 3.63) is 0 Å². The van der Waals surface area contributed by atoms with E-state index < -0.39 is 26.8 Å². The first-order chi connectivity index (χ1) is 8.85. The van der Waals surface area contributed by atoms with Crippen molar-refractivity contribution in [3.8, 4) is 6.07 Å². The van der Waals surface area contributed by atoms with Gasteiger partial charge in [0.25, 0.3) is 0 Å². The van der Waals surface area contributed by atoms with Gasteiger partial charge in [0.1, 0.15) is 0 Å². The first-order valence-corrected chi connectivity index (χ1v) is 8.04. The molecule has 1 saturated carbocycles. The van der Waals surface area contributed by atoms with Crippen LogP contribution in [0, 0.1) is 11.3 Å². The van der Waals surface area contributed by atoms with Gasteiger partial charge in [-0.05, 0) is 19.3 Å². The van der Waals surface area contributed by atoms with Crippen molar-refractivity contribution in [1.82, 2.24) is 4.72 Å². The fourth-order valence-corrected chi connectivity index (χ4v) is 4.19. The van der Waals surface area contributed by atoms with Crippen molar-refractivity contribution in [2.45, 2.75) is 62.7 Å². The summed E-state index contributed by atoms with van der Waals surface area (Å²) in [6.07, 6.45) is 3.58. The number of nitrogens with one attached hydrogen (secondary N) is 1. The summed E-state index contributed by atoms with van der Waals surface area (Å²) in [6.45, 7) is 1.62. The van der Waals surface area contributed by atoms with E-state index in [9.17, 15) is 13.2 Å². The summed E-state index contributed by atoms with van der Waals surface area (Å²) in [4.78, 5) is 11.0. The van der Waals surface area contributed by atoms with Gasteiger partial charge in [-0.25, -0.2) is 13.1 Å². The molecule has 108 valence electrons. The van der Waals surface area contributed by atoms with Crippen LogP contribution >= 0.6 is 0 Å². The fourth-order valence-electron chi connectivity index (χ4n) is 2.59. The Morgan fingerprint density at radius 2 is 2.00 bits per heavy atom. The van der Waals surface area contributed by atoms with Crippen LogP contribution in [0.5, 0.6) is 0 Å². The monoisotopic (exact) mass is 288 g/mol. The normalized spacial score (nSPS) is 20.4. The molecule has 0 aromatic heterocycles. The van der Waals surface area contributed by atoms with Crippen LogP contribution in [-0.4, -0.2) is 30.3 Å². The predicted molar refractivity (Wildman–Crippen MR) is 69.8 cm³/mol. The van der Waals surface area contributed by atoms with E-state index in [1.807, 2.05) is 0 Å². The summed E-state index contributed by atoms with van der Waals surface area (Å²) >= 11 is 0. The van der Waals surface area contributed by atoms with Crippen LogP contribution in [0.15, 0.2) is 0 Å². The van der Waals surface area contributed by atoms with Gasteiger partial charge < -0.3 is 5.11 Å². The third kappa shape index (κ3) is 4.18. The average Bonchev–Trinajstić information content (AvgIpc) is 2.28.